The average Bonchev–Trinajstić information content (AvgIpc) is 3.30. The van der Waals surface area contributed by atoms with Crippen LogP contribution >= 0.6 is 15.9 Å². The van der Waals surface area contributed by atoms with Crippen molar-refractivity contribution in [2.75, 3.05) is 64.2 Å². The van der Waals surface area contributed by atoms with E-state index in [1.54, 1.807) is 9.80 Å². The van der Waals surface area contributed by atoms with Crippen LogP contribution in [0.25, 0.3) is 0 Å². The van der Waals surface area contributed by atoms with E-state index in [-0.39, 0.29) is 30.5 Å². The maximum atomic E-state index is 14.1. The van der Waals surface area contributed by atoms with Gasteiger partial charge in [0, 0.05) is 87.6 Å². The van der Waals surface area contributed by atoms with Crippen LogP contribution in [0.15, 0.2) is 46.9 Å². The van der Waals surface area contributed by atoms with Crippen molar-refractivity contribution in [3.63, 3.8) is 0 Å². The van der Waals surface area contributed by atoms with E-state index in [0.29, 0.717) is 64.7 Å². The lowest BCUT2D eigenvalue weighted by Crippen LogP contribution is -2.57. The molecule has 0 aliphatic carbocycles. The minimum atomic E-state index is -0.960. The van der Waals surface area contributed by atoms with Gasteiger partial charge in [-0.05, 0) is 88.6 Å². The second-order valence-corrected chi connectivity index (χ2v) is 16.3. The molecule has 1 atom stereocenters. The molecule has 2 aromatic carbocycles. The Morgan fingerprint density at radius 3 is 2.12 bits per heavy atom. The number of aryl methyl sites for hydroxylation is 1. The first-order valence-corrected chi connectivity index (χ1v) is 19.5. The van der Waals surface area contributed by atoms with Gasteiger partial charge in [0.1, 0.15) is 5.60 Å². The molecular formula is C39H53BrN6O6. The number of urea groups is 1. The molecule has 0 spiro atoms. The van der Waals surface area contributed by atoms with Crippen LogP contribution in [0.2, 0.25) is 0 Å². The Labute approximate surface area is 315 Å². The molecule has 2 aromatic rings. The number of carbonyl (C=O) groups is 4. The highest BCUT2D eigenvalue weighted by Gasteiger charge is 2.37. The minimum Gasteiger partial charge on any atom is -0.444 e. The lowest BCUT2D eigenvalue weighted by molar-refractivity contribution is -0.143. The second kappa shape index (κ2) is 16.4. The van der Waals surface area contributed by atoms with E-state index in [4.69, 9.17) is 9.47 Å². The van der Waals surface area contributed by atoms with Crippen LogP contribution in [0.3, 0.4) is 0 Å². The van der Waals surface area contributed by atoms with Gasteiger partial charge in [-0.1, -0.05) is 46.3 Å². The van der Waals surface area contributed by atoms with Crippen molar-refractivity contribution in [3.05, 3.63) is 63.6 Å². The predicted octanol–water partition coefficient (Wildman–Crippen LogP) is 5.90. The van der Waals surface area contributed by atoms with E-state index in [2.05, 4.69) is 26.1 Å². The molecule has 3 saturated heterocycles. The smallest absolute Gasteiger partial charge is 0.410 e. The van der Waals surface area contributed by atoms with Crippen molar-refractivity contribution in [1.82, 2.24) is 24.5 Å². The molecule has 52 heavy (non-hydrogen) atoms. The van der Waals surface area contributed by atoms with Gasteiger partial charge in [0.2, 0.25) is 0 Å². The summed E-state index contributed by atoms with van der Waals surface area (Å²) in [6.45, 7) is 13.0. The molecular weight excluding hydrogens is 728 g/mol. The van der Waals surface area contributed by atoms with E-state index < -0.39 is 17.8 Å². The van der Waals surface area contributed by atoms with Gasteiger partial charge in [-0.15, -0.1) is 0 Å². The zero-order valence-corrected chi connectivity index (χ0v) is 32.5. The van der Waals surface area contributed by atoms with Crippen LogP contribution in [-0.4, -0.2) is 131 Å². The number of para-hydroxylation sites is 1. The Morgan fingerprint density at radius 2 is 1.46 bits per heavy atom. The number of hydrogen-bond acceptors (Lipinski definition) is 7. The third kappa shape index (κ3) is 9.38. The maximum absolute atomic E-state index is 14.1. The van der Waals surface area contributed by atoms with Gasteiger partial charge in [0.15, 0.2) is 6.10 Å². The molecule has 4 aliphatic rings. The summed E-state index contributed by atoms with van der Waals surface area (Å²) in [5.74, 6) is -0.180. The van der Waals surface area contributed by atoms with E-state index >= 15 is 0 Å². The standard InChI is InChI=1S/C39H53BrN6O6/c1-27-9-10-28(25-32(27)40)26-34(35(47)43-23-21-42(22-24-43)30-12-16-45(17-13-30)38(50)52-39(2,3)4)51-37(49)44-18-14-31(15-19-44)46-20-11-29-7-5-6-8-33(29)41-36(46)48/h5-10,25,30-31,34H,11-24,26H2,1-4H3,(H,41,48)/t34-/m1/s1. The number of piperidine rings is 2. The average molecular weight is 782 g/mol. The number of anilines is 1. The monoisotopic (exact) mass is 780 g/mol. The van der Waals surface area contributed by atoms with Crippen molar-refractivity contribution in [2.24, 2.45) is 0 Å². The fourth-order valence-corrected chi connectivity index (χ4v) is 8.13. The number of amides is 5. The van der Waals surface area contributed by atoms with Gasteiger partial charge in [-0.2, -0.15) is 0 Å². The number of rotatable bonds is 6. The lowest BCUT2D eigenvalue weighted by Gasteiger charge is -2.43. The van der Waals surface area contributed by atoms with Gasteiger partial charge in [-0.25, -0.2) is 14.4 Å². The number of nitrogens with zero attached hydrogens (tertiary/aromatic N) is 5. The molecule has 0 aromatic heterocycles. The highest BCUT2D eigenvalue weighted by Crippen LogP contribution is 2.26. The minimum absolute atomic E-state index is 0.0153. The number of benzene rings is 2. The second-order valence-electron chi connectivity index (χ2n) is 15.5. The Kier molecular flexibility index (Phi) is 12.0. The van der Waals surface area contributed by atoms with E-state index in [0.717, 1.165) is 59.2 Å². The van der Waals surface area contributed by atoms with Crippen LogP contribution in [0.5, 0.6) is 0 Å². The molecule has 0 unspecified atom stereocenters. The molecule has 1 N–H and O–H groups in total. The largest absolute Gasteiger partial charge is 0.444 e. The van der Waals surface area contributed by atoms with Crippen molar-refractivity contribution < 1.29 is 28.7 Å². The third-order valence-corrected chi connectivity index (χ3v) is 11.6. The summed E-state index contributed by atoms with van der Waals surface area (Å²) in [5.41, 5.74) is 3.45. The SMILES string of the molecule is Cc1ccc(C[C@@H](OC(=O)N2CCC(N3CCc4ccccc4NC3=O)CC2)C(=O)N2CCN(C3CCN(C(=O)OC(C)(C)C)CC3)CC2)cc1Br. The molecule has 6 rings (SSSR count). The first-order valence-electron chi connectivity index (χ1n) is 18.7. The van der Waals surface area contributed by atoms with Crippen LogP contribution in [0.1, 0.15) is 63.1 Å². The number of ether oxygens (including phenoxy) is 2. The van der Waals surface area contributed by atoms with Crippen molar-refractivity contribution in [2.45, 2.75) is 90.0 Å². The molecule has 282 valence electrons. The molecule has 4 aliphatic heterocycles. The van der Waals surface area contributed by atoms with Gasteiger partial charge in [-0.3, -0.25) is 9.69 Å². The van der Waals surface area contributed by atoms with E-state index in [1.165, 1.54) is 0 Å². The fraction of sp³-hybridized carbons (Fsp3) is 0.590. The van der Waals surface area contributed by atoms with Crippen molar-refractivity contribution in [3.8, 4) is 0 Å². The normalized spacial score (nSPS) is 20.1. The van der Waals surface area contributed by atoms with Gasteiger partial charge < -0.3 is 34.4 Å². The zero-order chi connectivity index (χ0) is 37.0. The van der Waals surface area contributed by atoms with Gasteiger partial charge in [0.25, 0.3) is 5.91 Å². The van der Waals surface area contributed by atoms with Crippen LogP contribution in [0, 0.1) is 6.92 Å². The summed E-state index contributed by atoms with van der Waals surface area (Å²) in [6, 6.07) is 14.1. The lowest BCUT2D eigenvalue weighted by atomic mass is 10.0. The summed E-state index contributed by atoms with van der Waals surface area (Å²) in [4.78, 5) is 63.0. The first kappa shape index (κ1) is 37.9. The van der Waals surface area contributed by atoms with Crippen LogP contribution in [-0.2, 0) is 27.1 Å². The molecule has 0 saturated carbocycles. The molecule has 0 radical (unpaired) electrons. The number of carbonyl (C=O) groups excluding carboxylic acids is 4. The summed E-state index contributed by atoms with van der Waals surface area (Å²) >= 11 is 3.61. The highest BCUT2D eigenvalue weighted by molar-refractivity contribution is 9.10. The summed E-state index contributed by atoms with van der Waals surface area (Å²) in [6.07, 6.45) is 2.34. The number of hydrogen-bond donors (Lipinski definition) is 1. The van der Waals surface area contributed by atoms with E-state index in [9.17, 15) is 19.2 Å². The topological polar surface area (TPSA) is 115 Å². The Balaban J connectivity index is 1.03. The third-order valence-electron chi connectivity index (χ3n) is 10.7. The molecule has 13 heteroatoms. The van der Waals surface area contributed by atoms with Crippen molar-refractivity contribution in [1.29, 1.82) is 0 Å². The van der Waals surface area contributed by atoms with Crippen molar-refractivity contribution >= 4 is 45.7 Å². The molecule has 3 fully saturated rings. The Bertz CT molecular complexity index is 1610. The number of fused-ring (bicyclic) bond motifs is 1. The molecule has 4 heterocycles. The number of nitrogens with one attached hydrogen (secondary N) is 1. The Morgan fingerprint density at radius 1 is 0.827 bits per heavy atom. The summed E-state index contributed by atoms with van der Waals surface area (Å²) < 4.78 is 12.6. The number of halogens is 1. The van der Waals surface area contributed by atoms with Gasteiger partial charge in [0.05, 0.1) is 0 Å². The fourth-order valence-electron chi connectivity index (χ4n) is 7.70. The number of likely N-dealkylation sites (tertiary alicyclic amines) is 2. The quantitative estimate of drug-likeness (QED) is 0.388. The summed E-state index contributed by atoms with van der Waals surface area (Å²) in [5, 5.41) is 3.05. The Hall–Kier alpha value is -3.84. The molecule has 5 amide bonds. The zero-order valence-electron chi connectivity index (χ0n) is 30.9. The number of piperazine rings is 1. The predicted molar refractivity (Wildman–Crippen MR) is 202 cm³/mol. The molecule has 0 bridgehead atoms. The first-order chi connectivity index (χ1) is 24.8. The van der Waals surface area contributed by atoms with Crippen LogP contribution in [0.4, 0.5) is 20.1 Å². The summed E-state index contributed by atoms with van der Waals surface area (Å²) in [7, 11) is 0. The molecule has 12 nitrogen and oxygen atoms in total. The van der Waals surface area contributed by atoms with Crippen LogP contribution < -0.4 is 5.32 Å². The highest BCUT2D eigenvalue weighted by atomic mass is 79.9. The van der Waals surface area contributed by atoms with Gasteiger partial charge >= 0.3 is 18.2 Å². The maximum Gasteiger partial charge on any atom is 0.410 e. The van der Waals surface area contributed by atoms with E-state index in [1.807, 2.05) is 80.0 Å².